The van der Waals surface area contributed by atoms with Gasteiger partial charge in [-0.3, -0.25) is 0 Å². The Labute approximate surface area is 111 Å². The zero-order valence-corrected chi connectivity index (χ0v) is 10.6. The van der Waals surface area contributed by atoms with Crippen LogP contribution in [0.2, 0.25) is 0 Å². The zero-order valence-electron chi connectivity index (χ0n) is 10.6. The van der Waals surface area contributed by atoms with Gasteiger partial charge >= 0.3 is 5.97 Å². The molecule has 2 rings (SSSR count). The first-order chi connectivity index (χ1) is 9.15. The van der Waals surface area contributed by atoms with E-state index in [1.54, 1.807) is 18.2 Å². The summed E-state index contributed by atoms with van der Waals surface area (Å²) < 4.78 is 17.9. The molecule has 19 heavy (non-hydrogen) atoms. The summed E-state index contributed by atoms with van der Waals surface area (Å²) in [6.45, 7) is 0. The van der Waals surface area contributed by atoms with Crippen molar-refractivity contribution in [2.24, 2.45) is 0 Å². The van der Waals surface area contributed by atoms with Crippen LogP contribution in [0.25, 0.3) is 6.08 Å². The zero-order chi connectivity index (χ0) is 13.7. The molecule has 1 N–H and O–H groups in total. The fourth-order valence-electron chi connectivity index (χ4n) is 2.14. The van der Waals surface area contributed by atoms with Gasteiger partial charge in [0.25, 0.3) is 0 Å². The van der Waals surface area contributed by atoms with Crippen molar-refractivity contribution in [1.82, 2.24) is 0 Å². The smallest absolute Gasteiger partial charge is 0.331 e. The summed E-state index contributed by atoms with van der Waals surface area (Å²) in [6, 6.07) is 5.81. The Morgan fingerprint density at radius 2 is 1.95 bits per heavy atom. The van der Waals surface area contributed by atoms with Crippen LogP contribution in [0.15, 0.2) is 30.3 Å². The number of hydrogen-bond donors (Lipinski definition) is 1. The molecule has 0 amide bonds. The minimum absolute atomic E-state index is 0.315. The maximum atomic E-state index is 12.7. The molecule has 0 aromatic heterocycles. The van der Waals surface area contributed by atoms with Gasteiger partial charge in [-0.2, -0.15) is 0 Å². The maximum Gasteiger partial charge on any atom is 0.331 e. The molecule has 1 aliphatic rings. The van der Waals surface area contributed by atoms with Crippen LogP contribution in [0.3, 0.4) is 0 Å². The third-order valence-corrected chi connectivity index (χ3v) is 3.22. The number of hydrogen-bond acceptors (Lipinski definition) is 3. The lowest BCUT2D eigenvalue weighted by Crippen LogP contribution is -2.33. The minimum atomic E-state index is -0.558. The molecule has 4 heteroatoms. The molecule has 2 atom stereocenters. The predicted octanol–water partition coefficient (Wildman–Crippen LogP) is 2.69. The molecule has 0 spiro atoms. The van der Waals surface area contributed by atoms with E-state index < -0.39 is 18.2 Å². The van der Waals surface area contributed by atoms with Crippen molar-refractivity contribution in [2.45, 2.75) is 37.9 Å². The lowest BCUT2D eigenvalue weighted by Gasteiger charge is -2.26. The van der Waals surface area contributed by atoms with Gasteiger partial charge < -0.3 is 9.84 Å². The number of benzene rings is 1. The minimum Gasteiger partial charge on any atom is -0.456 e. The molecule has 0 radical (unpaired) electrons. The van der Waals surface area contributed by atoms with Gasteiger partial charge in [-0.1, -0.05) is 18.6 Å². The Bertz CT molecular complexity index is 453. The highest BCUT2D eigenvalue weighted by Gasteiger charge is 2.25. The van der Waals surface area contributed by atoms with Gasteiger partial charge in [0, 0.05) is 6.08 Å². The topological polar surface area (TPSA) is 46.5 Å². The van der Waals surface area contributed by atoms with E-state index in [-0.39, 0.29) is 5.82 Å². The third-order valence-electron chi connectivity index (χ3n) is 3.22. The van der Waals surface area contributed by atoms with E-state index in [1.807, 2.05) is 0 Å². The second kappa shape index (κ2) is 6.48. The van der Waals surface area contributed by atoms with Crippen LogP contribution < -0.4 is 0 Å². The van der Waals surface area contributed by atoms with Gasteiger partial charge in [-0.25, -0.2) is 9.18 Å². The van der Waals surface area contributed by atoms with Crippen LogP contribution in [-0.2, 0) is 9.53 Å². The number of ether oxygens (including phenoxy) is 1. The first-order valence-electron chi connectivity index (χ1n) is 6.47. The second-order valence-electron chi connectivity index (χ2n) is 4.71. The quantitative estimate of drug-likeness (QED) is 0.674. The highest BCUT2D eigenvalue weighted by Crippen LogP contribution is 2.21. The Hall–Kier alpha value is -1.68. The molecule has 1 saturated carbocycles. The normalized spacial score (nSPS) is 23.5. The molecule has 0 aliphatic heterocycles. The van der Waals surface area contributed by atoms with E-state index >= 15 is 0 Å². The molecule has 1 aromatic carbocycles. The van der Waals surface area contributed by atoms with Crippen molar-refractivity contribution in [2.75, 3.05) is 0 Å². The number of halogens is 1. The number of carbonyl (C=O) groups is 1. The largest absolute Gasteiger partial charge is 0.456 e. The van der Waals surface area contributed by atoms with Crippen LogP contribution >= 0.6 is 0 Å². The first-order valence-corrected chi connectivity index (χ1v) is 6.47. The number of rotatable bonds is 3. The van der Waals surface area contributed by atoms with Gasteiger partial charge in [-0.15, -0.1) is 0 Å². The summed E-state index contributed by atoms with van der Waals surface area (Å²) in [4.78, 5) is 11.6. The van der Waals surface area contributed by atoms with Crippen molar-refractivity contribution >= 4 is 12.0 Å². The third kappa shape index (κ3) is 4.17. The van der Waals surface area contributed by atoms with Crippen molar-refractivity contribution in [3.63, 3.8) is 0 Å². The summed E-state index contributed by atoms with van der Waals surface area (Å²) >= 11 is 0. The Morgan fingerprint density at radius 1 is 1.26 bits per heavy atom. The van der Waals surface area contributed by atoms with E-state index in [2.05, 4.69) is 0 Å². The molecule has 0 heterocycles. The standard InChI is InChI=1S/C15H17FO3/c16-12-8-5-11(6-9-12)7-10-15(18)19-14-4-2-1-3-13(14)17/h5-10,13-14,17H,1-4H2/b10-7+/t13-,14-/m1/s1. The Kier molecular flexibility index (Phi) is 4.68. The fourth-order valence-corrected chi connectivity index (χ4v) is 2.14. The molecule has 0 bridgehead atoms. The molecule has 1 fully saturated rings. The molecule has 0 saturated heterocycles. The number of carbonyl (C=O) groups excluding carboxylic acids is 1. The van der Waals surface area contributed by atoms with Gasteiger partial charge in [0.15, 0.2) is 0 Å². The van der Waals surface area contributed by atoms with E-state index in [4.69, 9.17) is 4.74 Å². The Balaban J connectivity index is 1.88. The summed E-state index contributed by atoms with van der Waals surface area (Å²) in [6.07, 6.45) is 5.23. The number of esters is 1. The lowest BCUT2D eigenvalue weighted by atomic mass is 9.95. The molecule has 1 aromatic rings. The van der Waals surface area contributed by atoms with Gasteiger partial charge in [-0.05, 0) is 43.0 Å². The van der Waals surface area contributed by atoms with Crippen LogP contribution in [0.5, 0.6) is 0 Å². The van der Waals surface area contributed by atoms with Crippen LogP contribution in [0.1, 0.15) is 31.2 Å². The summed E-state index contributed by atoms with van der Waals surface area (Å²) in [5.74, 6) is -0.791. The highest BCUT2D eigenvalue weighted by atomic mass is 19.1. The summed E-state index contributed by atoms with van der Waals surface area (Å²) in [7, 11) is 0. The second-order valence-corrected chi connectivity index (χ2v) is 4.71. The monoisotopic (exact) mass is 264 g/mol. The van der Waals surface area contributed by atoms with Crippen molar-refractivity contribution in [3.8, 4) is 0 Å². The summed E-state index contributed by atoms with van der Waals surface area (Å²) in [5, 5.41) is 9.69. The lowest BCUT2D eigenvalue weighted by molar-refractivity contribution is -0.151. The molecule has 102 valence electrons. The van der Waals surface area contributed by atoms with E-state index in [1.165, 1.54) is 18.2 Å². The average molecular weight is 264 g/mol. The van der Waals surface area contributed by atoms with Gasteiger partial charge in [0.1, 0.15) is 11.9 Å². The average Bonchev–Trinajstić information content (AvgIpc) is 2.41. The number of aliphatic hydroxyl groups excluding tert-OH is 1. The molecule has 3 nitrogen and oxygen atoms in total. The fraction of sp³-hybridized carbons (Fsp3) is 0.400. The summed E-state index contributed by atoms with van der Waals surface area (Å²) in [5.41, 5.74) is 0.725. The Morgan fingerprint density at radius 3 is 2.63 bits per heavy atom. The van der Waals surface area contributed by atoms with Crippen molar-refractivity contribution < 1.29 is 19.0 Å². The van der Waals surface area contributed by atoms with E-state index in [0.717, 1.165) is 18.4 Å². The van der Waals surface area contributed by atoms with Crippen LogP contribution in [-0.4, -0.2) is 23.3 Å². The SMILES string of the molecule is O=C(/C=C/c1ccc(F)cc1)O[C@@H]1CCCC[C@H]1O. The van der Waals surface area contributed by atoms with Crippen LogP contribution in [0, 0.1) is 5.82 Å². The van der Waals surface area contributed by atoms with Crippen LogP contribution in [0.4, 0.5) is 4.39 Å². The van der Waals surface area contributed by atoms with Crippen molar-refractivity contribution in [1.29, 1.82) is 0 Å². The number of aliphatic hydroxyl groups is 1. The van der Waals surface area contributed by atoms with E-state index in [0.29, 0.717) is 12.8 Å². The first kappa shape index (κ1) is 13.7. The van der Waals surface area contributed by atoms with Gasteiger partial charge in [0.05, 0.1) is 6.10 Å². The van der Waals surface area contributed by atoms with E-state index in [9.17, 15) is 14.3 Å². The molecular weight excluding hydrogens is 247 g/mol. The maximum absolute atomic E-state index is 12.7. The molecule has 1 aliphatic carbocycles. The molecular formula is C15H17FO3. The predicted molar refractivity (Wildman–Crippen MR) is 69.8 cm³/mol. The highest BCUT2D eigenvalue weighted by molar-refractivity contribution is 5.87. The van der Waals surface area contributed by atoms with Crippen molar-refractivity contribution in [3.05, 3.63) is 41.7 Å². The van der Waals surface area contributed by atoms with Gasteiger partial charge in [0.2, 0.25) is 0 Å². The molecule has 0 unspecified atom stereocenters.